The number of aromatic nitrogens is 1. The molecule has 1 aromatic heterocycles. The normalized spacial score (nSPS) is 12.9. The standard InChI is InChI=1S/C16H26BN3O2/c1-12-7-6-8-14(20-12)11-19-10-13(9-18)17-22-16(4,5)15(2,3)21/h6-10,17-19,21H,11H2,1-5H3/b13-10+,18-9?. The summed E-state index contributed by atoms with van der Waals surface area (Å²) in [4.78, 5) is 4.40. The topological polar surface area (TPSA) is 78.2 Å². The number of aliphatic hydroxyl groups is 1. The third-order valence-electron chi connectivity index (χ3n) is 3.78. The van der Waals surface area contributed by atoms with E-state index in [2.05, 4.69) is 10.3 Å². The summed E-state index contributed by atoms with van der Waals surface area (Å²) in [5.41, 5.74) is 0.959. The van der Waals surface area contributed by atoms with Gasteiger partial charge in [-0.2, -0.15) is 0 Å². The molecule has 0 spiro atoms. The molecule has 6 heteroatoms. The van der Waals surface area contributed by atoms with E-state index in [4.69, 9.17) is 10.1 Å². The highest BCUT2D eigenvalue weighted by Crippen LogP contribution is 2.24. The Labute approximate surface area is 133 Å². The Morgan fingerprint density at radius 3 is 2.64 bits per heavy atom. The summed E-state index contributed by atoms with van der Waals surface area (Å²) in [7, 11) is 0.259. The van der Waals surface area contributed by atoms with Crippen LogP contribution in [0.15, 0.2) is 29.9 Å². The van der Waals surface area contributed by atoms with E-state index >= 15 is 0 Å². The van der Waals surface area contributed by atoms with Crippen molar-refractivity contribution < 1.29 is 9.76 Å². The molecule has 5 nitrogen and oxygen atoms in total. The fourth-order valence-corrected chi connectivity index (χ4v) is 1.55. The molecule has 0 aliphatic rings. The van der Waals surface area contributed by atoms with Crippen molar-refractivity contribution in [3.8, 4) is 0 Å². The maximum absolute atomic E-state index is 10.1. The summed E-state index contributed by atoms with van der Waals surface area (Å²) in [5, 5.41) is 20.6. The number of nitrogens with one attached hydrogen (secondary N) is 2. The lowest BCUT2D eigenvalue weighted by atomic mass is 9.83. The summed E-state index contributed by atoms with van der Waals surface area (Å²) in [6.45, 7) is 9.63. The monoisotopic (exact) mass is 303 g/mol. The highest BCUT2D eigenvalue weighted by Gasteiger charge is 2.35. The first-order chi connectivity index (χ1) is 10.2. The Kier molecular flexibility index (Phi) is 6.32. The largest absolute Gasteiger partial charge is 0.427 e. The molecule has 0 saturated heterocycles. The van der Waals surface area contributed by atoms with Crippen molar-refractivity contribution >= 4 is 13.7 Å². The van der Waals surface area contributed by atoms with Crippen LogP contribution in [0, 0.1) is 12.3 Å². The number of pyridine rings is 1. The molecular formula is C16H26BN3O2. The van der Waals surface area contributed by atoms with E-state index in [0.717, 1.165) is 11.4 Å². The lowest BCUT2D eigenvalue weighted by molar-refractivity contribution is -0.0895. The quantitative estimate of drug-likeness (QED) is 0.506. The van der Waals surface area contributed by atoms with E-state index in [-0.39, 0.29) is 7.48 Å². The van der Waals surface area contributed by atoms with Gasteiger partial charge < -0.3 is 20.5 Å². The van der Waals surface area contributed by atoms with Gasteiger partial charge >= 0.3 is 7.48 Å². The number of hydrogen-bond donors (Lipinski definition) is 3. The third kappa shape index (κ3) is 5.62. The molecule has 3 N–H and O–H groups in total. The van der Waals surface area contributed by atoms with Crippen LogP contribution in [0.1, 0.15) is 39.1 Å². The van der Waals surface area contributed by atoms with Gasteiger partial charge in [0.2, 0.25) is 0 Å². The fourth-order valence-electron chi connectivity index (χ4n) is 1.55. The van der Waals surface area contributed by atoms with Gasteiger partial charge in [0.05, 0.1) is 23.4 Å². The minimum Gasteiger partial charge on any atom is -0.427 e. The van der Waals surface area contributed by atoms with Gasteiger partial charge in [-0.15, -0.1) is 0 Å². The molecule has 0 bridgehead atoms. The van der Waals surface area contributed by atoms with E-state index in [1.54, 1.807) is 20.0 Å². The van der Waals surface area contributed by atoms with Crippen LogP contribution < -0.4 is 5.32 Å². The average molecular weight is 303 g/mol. The third-order valence-corrected chi connectivity index (χ3v) is 3.78. The van der Waals surface area contributed by atoms with E-state index in [0.29, 0.717) is 12.0 Å². The van der Waals surface area contributed by atoms with Gasteiger partial charge in [-0.1, -0.05) is 6.07 Å². The second-order valence-electron chi connectivity index (χ2n) is 6.37. The van der Waals surface area contributed by atoms with E-state index in [1.165, 1.54) is 6.21 Å². The summed E-state index contributed by atoms with van der Waals surface area (Å²) < 4.78 is 5.74. The van der Waals surface area contributed by atoms with Crippen LogP contribution in [-0.4, -0.2) is 35.0 Å². The molecule has 0 aliphatic heterocycles. The minimum atomic E-state index is -0.959. The minimum absolute atomic E-state index is 0.259. The molecule has 22 heavy (non-hydrogen) atoms. The van der Waals surface area contributed by atoms with Crippen LogP contribution >= 0.6 is 0 Å². The van der Waals surface area contributed by atoms with Gasteiger partial charge in [-0.25, -0.2) is 0 Å². The summed E-state index contributed by atoms with van der Waals surface area (Å²) in [6, 6.07) is 5.87. The molecule has 0 saturated carbocycles. The molecule has 0 aromatic carbocycles. The molecule has 1 heterocycles. The number of allylic oxidation sites excluding steroid dienone is 1. The first-order valence-electron chi connectivity index (χ1n) is 7.37. The zero-order chi connectivity index (χ0) is 16.8. The average Bonchev–Trinajstić information content (AvgIpc) is 2.41. The van der Waals surface area contributed by atoms with Crippen LogP contribution in [0.5, 0.6) is 0 Å². The second kappa shape index (κ2) is 7.56. The first-order valence-corrected chi connectivity index (χ1v) is 7.37. The number of aryl methyl sites for hydroxylation is 1. The maximum Gasteiger partial charge on any atom is 0.312 e. The lowest BCUT2D eigenvalue weighted by Gasteiger charge is -2.37. The van der Waals surface area contributed by atoms with Crippen molar-refractivity contribution in [3.63, 3.8) is 0 Å². The van der Waals surface area contributed by atoms with Crippen LogP contribution in [0.3, 0.4) is 0 Å². The molecule has 0 amide bonds. The molecular weight excluding hydrogens is 277 g/mol. The zero-order valence-electron chi connectivity index (χ0n) is 14.1. The van der Waals surface area contributed by atoms with Gasteiger partial charge in [0.15, 0.2) is 0 Å². The van der Waals surface area contributed by atoms with Crippen molar-refractivity contribution in [3.05, 3.63) is 41.3 Å². The molecule has 1 aromatic rings. The Morgan fingerprint density at radius 2 is 2.09 bits per heavy atom. The highest BCUT2D eigenvalue weighted by atomic mass is 16.5. The van der Waals surface area contributed by atoms with Crippen LogP contribution in [0.4, 0.5) is 0 Å². The zero-order valence-corrected chi connectivity index (χ0v) is 14.1. The van der Waals surface area contributed by atoms with Gasteiger partial charge in [-0.3, -0.25) is 4.98 Å². The lowest BCUT2D eigenvalue weighted by Crippen LogP contribution is -2.48. The van der Waals surface area contributed by atoms with E-state index in [1.807, 2.05) is 39.0 Å². The predicted octanol–water partition coefficient (Wildman–Crippen LogP) is 1.89. The number of rotatable bonds is 8. The van der Waals surface area contributed by atoms with Gasteiger partial charge in [0.1, 0.15) is 0 Å². The molecule has 0 radical (unpaired) electrons. The van der Waals surface area contributed by atoms with Crippen molar-refractivity contribution in [2.45, 2.75) is 52.4 Å². The van der Waals surface area contributed by atoms with Crippen molar-refractivity contribution in [2.24, 2.45) is 0 Å². The number of nitrogens with zero attached hydrogens (tertiary/aromatic N) is 1. The van der Waals surface area contributed by atoms with Gasteiger partial charge in [0.25, 0.3) is 0 Å². The predicted molar refractivity (Wildman–Crippen MR) is 91.3 cm³/mol. The molecule has 1 rings (SSSR count). The van der Waals surface area contributed by atoms with E-state index in [9.17, 15) is 5.11 Å². The highest BCUT2D eigenvalue weighted by molar-refractivity contribution is 6.45. The molecule has 120 valence electrons. The van der Waals surface area contributed by atoms with Crippen LogP contribution in [0.25, 0.3) is 0 Å². The Bertz CT molecular complexity index is 536. The second-order valence-corrected chi connectivity index (χ2v) is 6.37. The van der Waals surface area contributed by atoms with E-state index < -0.39 is 11.2 Å². The summed E-state index contributed by atoms with van der Waals surface area (Å²) in [6.07, 6.45) is 2.99. The van der Waals surface area contributed by atoms with Gasteiger partial charge in [0, 0.05) is 11.9 Å². The fraction of sp³-hybridized carbons (Fsp3) is 0.500. The Hall–Kier alpha value is -1.66. The van der Waals surface area contributed by atoms with Gasteiger partial charge in [-0.05, 0) is 58.4 Å². The van der Waals surface area contributed by atoms with Crippen LogP contribution in [0.2, 0.25) is 0 Å². The SMILES string of the molecule is Cc1cccc(CN/C=C(/BOC(C)(C)C(C)(C)O)C=N)n1. The summed E-state index contributed by atoms with van der Waals surface area (Å²) >= 11 is 0. The molecule has 0 fully saturated rings. The first kappa shape index (κ1) is 18.4. The van der Waals surface area contributed by atoms with Crippen molar-refractivity contribution in [1.29, 1.82) is 5.41 Å². The molecule has 0 aliphatic carbocycles. The van der Waals surface area contributed by atoms with Crippen molar-refractivity contribution in [1.82, 2.24) is 10.3 Å². The molecule has 0 atom stereocenters. The Balaban J connectivity index is 2.55. The van der Waals surface area contributed by atoms with Crippen LogP contribution in [-0.2, 0) is 11.2 Å². The smallest absolute Gasteiger partial charge is 0.312 e. The van der Waals surface area contributed by atoms with Crippen molar-refractivity contribution in [2.75, 3.05) is 0 Å². The number of hydrogen-bond acceptors (Lipinski definition) is 5. The molecule has 0 unspecified atom stereocenters. The summed E-state index contributed by atoms with van der Waals surface area (Å²) in [5.74, 6) is 0. The Morgan fingerprint density at radius 1 is 1.41 bits per heavy atom. The maximum atomic E-state index is 10.1.